The second-order valence-electron chi connectivity index (χ2n) is 3.66. The van der Waals surface area contributed by atoms with Crippen molar-refractivity contribution < 1.29 is 4.79 Å². The summed E-state index contributed by atoms with van der Waals surface area (Å²) in [6.07, 6.45) is 1.37. The Morgan fingerprint density at radius 1 is 1.60 bits per heavy atom. The molecular weight excluding hydrogens is 212 g/mol. The zero-order chi connectivity index (χ0) is 10.8. The molecule has 0 saturated carbocycles. The van der Waals surface area contributed by atoms with E-state index in [1.165, 1.54) is 0 Å². The molecule has 0 aromatic carbocycles. The van der Waals surface area contributed by atoms with Crippen LogP contribution in [0.4, 0.5) is 0 Å². The van der Waals surface area contributed by atoms with Crippen molar-refractivity contribution in [2.75, 3.05) is 6.54 Å². The van der Waals surface area contributed by atoms with Gasteiger partial charge in [-0.05, 0) is 11.6 Å². The van der Waals surface area contributed by atoms with Gasteiger partial charge in [0.2, 0.25) is 5.91 Å². The number of hydrogen-bond donors (Lipinski definition) is 0. The molecule has 80 valence electrons. The molecule has 0 radical (unpaired) electrons. The van der Waals surface area contributed by atoms with E-state index in [9.17, 15) is 4.79 Å². The fraction of sp³-hybridized carbons (Fsp3) is 0.455. The third-order valence-corrected chi connectivity index (χ3v) is 2.88. The number of nitrogens with zero attached hydrogens (tertiary/aromatic N) is 2. The molecule has 0 atom stereocenters. The Morgan fingerprint density at radius 3 is 3.13 bits per heavy atom. The second kappa shape index (κ2) is 4.19. The maximum Gasteiger partial charge on any atom is 0.222 e. The molecule has 0 unspecified atom stereocenters. The molecule has 1 amide bonds. The molecule has 2 rings (SSSR count). The van der Waals surface area contributed by atoms with Crippen LogP contribution >= 0.6 is 11.6 Å². The third-order valence-electron chi connectivity index (χ3n) is 2.67. The van der Waals surface area contributed by atoms with E-state index in [0.29, 0.717) is 18.1 Å². The number of hydrogen-bond acceptors (Lipinski definition) is 2. The van der Waals surface area contributed by atoms with Gasteiger partial charge in [-0.1, -0.05) is 24.6 Å². The second-order valence-corrected chi connectivity index (χ2v) is 4.05. The lowest BCUT2D eigenvalue weighted by Gasteiger charge is -2.27. The predicted molar refractivity (Wildman–Crippen MR) is 58.7 cm³/mol. The molecule has 0 bridgehead atoms. The normalized spacial score (nSPS) is 14.9. The van der Waals surface area contributed by atoms with Gasteiger partial charge < -0.3 is 4.90 Å². The first kappa shape index (κ1) is 10.4. The van der Waals surface area contributed by atoms with E-state index in [2.05, 4.69) is 4.98 Å². The molecule has 1 aromatic rings. The highest BCUT2D eigenvalue weighted by Gasteiger charge is 2.20. The van der Waals surface area contributed by atoms with Gasteiger partial charge in [-0.15, -0.1) is 0 Å². The van der Waals surface area contributed by atoms with Gasteiger partial charge in [0.15, 0.2) is 0 Å². The topological polar surface area (TPSA) is 33.2 Å². The first-order valence-corrected chi connectivity index (χ1v) is 5.50. The zero-order valence-electron chi connectivity index (χ0n) is 8.66. The Kier molecular flexibility index (Phi) is 2.91. The van der Waals surface area contributed by atoms with Crippen LogP contribution in [0.2, 0.25) is 5.15 Å². The van der Waals surface area contributed by atoms with Crippen molar-refractivity contribution in [2.24, 2.45) is 0 Å². The molecule has 0 N–H and O–H groups in total. The van der Waals surface area contributed by atoms with Crippen molar-refractivity contribution in [1.82, 2.24) is 9.88 Å². The Hall–Kier alpha value is -1.09. The average Bonchev–Trinajstić information content (AvgIpc) is 2.27. The summed E-state index contributed by atoms with van der Waals surface area (Å²) in [6, 6.07) is 3.74. The first-order valence-electron chi connectivity index (χ1n) is 5.12. The lowest BCUT2D eigenvalue weighted by molar-refractivity contribution is -0.131. The van der Waals surface area contributed by atoms with Gasteiger partial charge in [-0.2, -0.15) is 0 Å². The first-order chi connectivity index (χ1) is 7.20. The lowest BCUT2D eigenvalue weighted by atomic mass is 10.1. The quantitative estimate of drug-likeness (QED) is 0.684. The van der Waals surface area contributed by atoms with E-state index in [-0.39, 0.29) is 5.91 Å². The van der Waals surface area contributed by atoms with Gasteiger partial charge in [0, 0.05) is 31.6 Å². The monoisotopic (exact) mass is 224 g/mol. The van der Waals surface area contributed by atoms with Gasteiger partial charge in [0.05, 0.1) is 0 Å². The van der Waals surface area contributed by atoms with Gasteiger partial charge in [-0.25, -0.2) is 4.98 Å². The molecule has 0 saturated heterocycles. The summed E-state index contributed by atoms with van der Waals surface area (Å²) < 4.78 is 0. The van der Waals surface area contributed by atoms with Crippen LogP contribution in [0.1, 0.15) is 24.6 Å². The number of fused-ring (bicyclic) bond motifs is 1. The van der Waals surface area contributed by atoms with E-state index in [4.69, 9.17) is 11.6 Å². The van der Waals surface area contributed by atoms with Crippen LogP contribution in [-0.4, -0.2) is 22.3 Å². The van der Waals surface area contributed by atoms with Crippen molar-refractivity contribution in [3.05, 3.63) is 28.5 Å². The summed E-state index contributed by atoms with van der Waals surface area (Å²) in [5.74, 6) is 0.204. The van der Waals surface area contributed by atoms with Crippen LogP contribution in [-0.2, 0) is 17.8 Å². The smallest absolute Gasteiger partial charge is 0.222 e. The number of pyridine rings is 1. The molecular formula is C11H13ClN2O. The van der Waals surface area contributed by atoms with Crippen molar-refractivity contribution in [3.63, 3.8) is 0 Å². The number of rotatable bonds is 1. The molecule has 1 aliphatic rings. The molecule has 0 spiro atoms. The predicted octanol–water partition coefficient (Wildman–Crippen LogP) is 2.03. The zero-order valence-corrected chi connectivity index (χ0v) is 9.42. The molecule has 0 aliphatic carbocycles. The minimum atomic E-state index is 0.204. The Balaban J connectivity index is 2.20. The highest BCUT2D eigenvalue weighted by molar-refractivity contribution is 6.29. The fourth-order valence-corrected chi connectivity index (χ4v) is 1.99. The van der Waals surface area contributed by atoms with Crippen LogP contribution in [0.15, 0.2) is 12.1 Å². The summed E-state index contributed by atoms with van der Waals surface area (Å²) in [6.45, 7) is 3.32. The number of halogens is 1. The highest BCUT2D eigenvalue weighted by atomic mass is 35.5. The Morgan fingerprint density at radius 2 is 2.40 bits per heavy atom. The summed E-state index contributed by atoms with van der Waals surface area (Å²) in [5.41, 5.74) is 2.15. The van der Waals surface area contributed by atoms with Crippen LogP contribution < -0.4 is 0 Å². The number of aromatic nitrogens is 1. The van der Waals surface area contributed by atoms with E-state index in [1.54, 1.807) is 6.07 Å². The van der Waals surface area contributed by atoms with Crippen LogP contribution in [0.25, 0.3) is 0 Å². The van der Waals surface area contributed by atoms with Crippen molar-refractivity contribution in [2.45, 2.75) is 26.3 Å². The Bertz CT molecular complexity index is 392. The van der Waals surface area contributed by atoms with E-state index in [0.717, 1.165) is 24.2 Å². The molecule has 2 heterocycles. The van der Waals surface area contributed by atoms with Crippen LogP contribution in [0.3, 0.4) is 0 Å². The number of carbonyl (C=O) groups is 1. The SMILES string of the molecule is CCC(=O)N1CCc2nc(Cl)ccc2C1. The molecule has 0 fully saturated rings. The van der Waals surface area contributed by atoms with E-state index in [1.807, 2.05) is 17.9 Å². The van der Waals surface area contributed by atoms with Crippen molar-refractivity contribution in [3.8, 4) is 0 Å². The summed E-state index contributed by atoms with van der Waals surface area (Å²) in [5, 5.41) is 0.531. The third kappa shape index (κ3) is 2.12. The van der Waals surface area contributed by atoms with Gasteiger partial charge >= 0.3 is 0 Å². The molecule has 3 nitrogen and oxygen atoms in total. The van der Waals surface area contributed by atoms with Crippen LogP contribution in [0, 0.1) is 0 Å². The molecule has 4 heteroatoms. The summed E-state index contributed by atoms with van der Waals surface area (Å²) in [7, 11) is 0. The van der Waals surface area contributed by atoms with E-state index >= 15 is 0 Å². The summed E-state index contributed by atoms with van der Waals surface area (Å²) >= 11 is 5.81. The molecule has 1 aliphatic heterocycles. The maximum absolute atomic E-state index is 11.5. The van der Waals surface area contributed by atoms with Crippen LogP contribution in [0.5, 0.6) is 0 Å². The van der Waals surface area contributed by atoms with Gasteiger partial charge in [-0.3, -0.25) is 4.79 Å². The summed E-state index contributed by atoms with van der Waals surface area (Å²) in [4.78, 5) is 17.7. The standard InChI is InChI=1S/C11H13ClN2O/c1-2-11(15)14-6-5-9-8(7-14)3-4-10(12)13-9/h3-4H,2,5-7H2,1H3. The molecule has 15 heavy (non-hydrogen) atoms. The highest BCUT2D eigenvalue weighted by Crippen LogP contribution is 2.19. The number of amides is 1. The fourth-order valence-electron chi connectivity index (χ4n) is 1.83. The van der Waals surface area contributed by atoms with Crippen molar-refractivity contribution in [1.29, 1.82) is 0 Å². The lowest BCUT2D eigenvalue weighted by Crippen LogP contribution is -2.35. The van der Waals surface area contributed by atoms with Gasteiger partial charge in [0.25, 0.3) is 0 Å². The van der Waals surface area contributed by atoms with Crippen molar-refractivity contribution >= 4 is 17.5 Å². The van der Waals surface area contributed by atoms with E-state index < -0.39 is 0 Å². The average molecular weight is 225 g/mol. The minimum Gasteiger partial charge on any atom is -0.338 e. The largest absolute Gasteiger partial charge is 0.338 e. The number of carbonyl (C=O) groups excluding carboxylic acids is 1. The Labute approximate surface area is 94.1 Å². The molecule has 1 aromatic heterocycles. The minimum absolute atomic E-state index is 0.204. The maximum atomic E-state index is 11.5. The van der Waals surface area contributed by atoms with Gasteiger partial charge in [0.1, 0.15) is 5.15 Å².